The number of unbranched alkanes of at least 4 members (excludes halogenated alkanes) is 2. The van der Waals surface area contributed by atoms with Gasteiger partial charge in [0, 0.05) is 57.8 Å². The van der Waals surface area contributed by atoms with Crippen LogP contribution in [0.1, 0.15) is 75.2 Å². The monoisotopic (exact) mass is 479 g/mol. The summed E-state index contributed by atoms with van der Waals surface area (Å²) in [7, 11) is 0. The molecule has 1 saturated carbocycles. The molecule has 0 spiro atoms. The number of rotatable bonds is 10. The smallest absolute Gasteiger partial charge is 0.254 e. The van der Waals surface area contributed by atoms with Gasteiger partial charge in [0.05, 0.1) is 0 Å². The molecule has 3 aliphatic carbocycles. The zero-order valence-corrected chi connectivity index (χ0v) is 22.4. The van der Waals surface area contributed by atoms with E-state index in [2.05, 4.69) is 43.6 Å². The molecule has 2 amide bonds. The molecule has 0 N–H and O–H groups in total. The maximum atomic E-state index is 13.6. The van der Waals surface area contributed by atoms with Crippen molar-refractivity contribution in [2.75, 3.05) is 45.8 Å². The Balaban J connectivity index is 1.35. The van der Waals surface area contributed by atoms with Crippen LogP contribution in [0.4, 0.5) is 0 Å². The fourth-order valence-electron chi connectivity index (χ4n) is 6.17. The zero-order valence-electron chi connectivity index (χ0n) is 22.4. The van der Waals surface area contributed by atoms with Gasteiger partial charge in [0.1, 0.15) is 0 Å². The van der Waals surface area contributed by atoms with Gasteiger partial charge in [-0.2, -0.15) is 0 Å². The van der Waals surface area contributed by atoms with Crippen LogP contribution in [0, 0.1) is 24.2 Å². The number of fused-ring (bicyclic) bond motifs is 1. The summed E-state index contributed by atoms with van der Waals surface area (Å²) in [6.07, 6.45) is 8.81. The van der Waals surface area contributed by atoms with E-state index in [9.17, 15) is 9.59 Å². The molecule has 1 saturated heterocycles. The van der Waals surface area contributed by atoms with Crippen molar-refractivity contribution >= 4 is 11.8 Å². The molecule has 35 heavy (non-hydrogen) atoms. The van der Waals surface area contributed by atoms with Gasteiger partial charge in [0.15, 0.2) is 0 Å². The molecule has 5 nitrogen and oxygen atoms in total. The van der Waals surface area contributed by atoms with Crippen molar-refractivity contribution in [2.24, 2.45) is 17.3 Å². The van der Waals surface area contributed by atoms with E-state index in [0.717, 1.165) is 83.0 Å². The molecule has 1 aromatic rings. The Labute approximate surface area is 212 Å². The summed E-state index contributed by atoms with van der Waals surface area (Å²) in [4.78, 5) is 32.6. The minimum atomic E-state index is 0.134. The van der Waals surface area contributed by atoms with Crippen molar-refractivity contribution in [1.82, 2.24) is 14.7 Å². The molecule has 2 unspecified atom stereocenters. The Morgan fingerprint density at radius 2 is 1.77 bits per heavy atom. The molecule has 1 aliphatic heterocycles. The van der Waals surface area contributed by atoms with E-state index >= 15 is 0 Å². The quantitative estimate of drug-likeness (QED) is 0.344. The van der Waals surface area contributed by atoms with Gasteiger partial charge in [-0.05, 0) is 55.6 Å². The van der Waals surface area contributed by atoms with Crippen molar-refractivity contribution in [2.45, 2.75) is 66.2 Å². The molecule has 1 aromatic carbocycles. The lowest BCUT2D eigenvalue weighted by Gasteiger charge is -2.57. The lowest BCUT2D eigenvalue weighted by atomic mass is 9.49. The van der Waals surface area contributed by atoms with E-state index in [4.69, 9.17) is 0 Å². The third kappa shape index (κ3) is 5.99. The van der Waals surface area contributed by atoms with Crippen molar-refractivity contribution in [3.63, 3.8) is 0 Å². The second-order valence-corrected chi connectivity index (χ2v) is 11.6. The van der Waals surface area contributed by atoms with Gasteiger partial charge in [0.25, 0.3) is 5.91 Å². The molecule has 1 heterocycles. The predicted octanol–water partition coefficient (Wildman–Crippen LogP) is 5.15. The van der Waals surface area contributed by atoms with Gasteiger partial charge in [-0.25, -0.2) is 0 Å². The first-order chi connectivity index (χ1) is 16.8. The number of hydrogen-bond acceptors (Lipinski definition) is 3. The van der Waals surface area contributed by atoms with Gasteiger partial charge < -0.3 is 9.80 Å². The Kier molecular flexibility index (Phi) is 8.36. The summed E-state index contributed by atoms with van der Waals surface area (Å²) in [6, 6.07) is 7.99. The van der Waals surface area contributed by atoms with E-state index in [0.29, 0.717) is 23.7 Å². The average molecular weight is 480 g/mol. The van der Waals surface area contributed by atoms with Crippen LogP contribution in [-0.2, 0) is 4.79 Å². The van der Waals surface area contributed by atoms with Crippen molar-refractivity contribution in [3.8, 4) is 0 Å². The van der Waals surface area contributed by atoms with E-state index in [1.165, 1.54) is 17.6 Å². The Bertz CT molecular complexity index is 912. The van der Waals surface area contributed by atoms with Crippen molar-refractivity contribution in [3.05, 3.63) is 47.0 Å². The van der Waals surface area contributed by atoms with Crippen molar-refractivity contribution < 1.29 is 9.59 Å². The Morgan fingerprint density at radius 3 is 2.40 bits per heavy atom. The van der Waals surface area contributed by atoms with Crippen LogP contribution in [0.25, 0.3) is 0 Å². The number of benzene rings is 1. The summed E-state index contributed by atoms with van der Waals surface area (Å²) >= 11 is 0. The molecule has 2 atom stereocenters. The second-order valence-electron chi connectivity index (χ2n) is 11.6. The number of piperazine rings is 1. The summed E-state index contributed by atoms with van der Waals surface area (Å²) in [5, 5.41) is 0. The number of allylic oxidation sites excluding steroid dienone is 1. The molecular formula is C30H45N3O2. The fraction of sp³-hybridized carbons (Fsp3) is 0.667. The second kappa shape index (κ2) is 11.3. The van der Waals surface area contributed by atoms with E-state index in [1.807, 2.05) is 29.2 Å². The molecular weight excluding hydrogens is 434 g/mol. The summed E-state index contributed by atoms with van der Waals surface area (Å²) < 4.78 is 0. The summed E-state index contributed by atoms with van der Waals surface area (Å²) in [5.74, 6) is 1.85. The number of aryl methyl sites for hydroxylation is 1. The van der Waals surface area contributed by atoms with Crippen LogP contribution in [-0.4, -0.2) is 72.3 Å². The van der Waals surface area contributed by atoms with Gasteiger partial charge in [0.2, 0.25) is 5.91 Å². The number of carbonyl (C=O) groups is 2. The minimum absolute atomic E-state index is 0.134. The van der Waals surface area contributed by atoms with Crippen LogP contribution in [0.2, 0.25) is 0 Å². The first kappa shape index (κ1) is 25.9. The lowest BCUT2D eigenvalue weighted by molar-refractivity contribution is -0.133. The van der Waals surface area contributed by atoms with Crippen LogP contribution < -0.4 is 0 Å². The molecule has 0 radical (unpaired) electrons. The highest BCUT2D eigenvalue weighted by molar-refractivity contribution is 5.94. The number of carbonyl (C=O) groups excluding carboxylic acids is 2. The maximum absolute atomic E-state index is 13.6. The molecule has 2 bridgehead atoms. The summed E-state index contributed by atoms with van der Waals surface area (Å²) in [5.41, 5.74) is 3.77. The highest BCUT2D eigenvalue weighted by atomic mass is 16.2. The Morgan fingerprint density at radius 1 is 1.06 bits per heavy atom. The van der Waals surface area contributed by atoms with Gasteiger partial charge in [-0.15, -0.1) is 0 Å². The van der Waals surface area contributed by atoms with Gasteiger partial charge in [-0.3, -0.25) is 14.5 Å². The van der Waals surface area contributed by atoms with Crippen LogP contribution in [0.5, 0.6) is 0 Å². The summed E-state index contributed by atoms with van der Waals surface area (Å²) in [6.45, 7) is 14.8. The van der Waals surface area contributed by atoms with Crippen LogP contribution in [0.3, 0.4) is 0 Å². The molecule has 5 rings (SSSR count). The SMILES string of the molecule is CCCCCC(=O)N1CCN(CCN(CC2=CCC3CC2C3(C)C)C(=O)c2ccc(C)cc2)CC1. The molecule has 4 aliphatic rings. The first-order valence-corrected chi connectivity index (χ1v) is 13.8. The average Bonchev–Trinajstić information content (AvgIpc) is 2.87. The topological polar surface area (TPSA) is 43.9 Å². The molecule has 2 fully saturated rings. The largest absolute Gasteiger partial charge is 0.340 e. The predicted molar refractivity (Wildman–Crippen MR) is 142 cm³/mol. The number of hydrogen-bond donors (Lipinski definition) is 0. The van der Waals surface area contributed by atoms with E-state index in [-0.39, 0.29) is 5.91 Å². The van der Waals surface area contributed by atoms with E-state index < -0.39 is 0 Å². The maximum Gasteiger partial charge on any atom is 0.254 e. The standard InChI is InChI=1S/C30H45N3O2/c1-5-6-7-8-28(34)32-18-15-31(16-19-32)17-20-33(29(35)24-11-9-23(2)10-12-24)22-25-13-14-26-21-27(25)30(26,3)4/h9-13,26-27H,5-8,14-22H2,1-4H3. The third-order valence-corrected chi connectivity index (χ3v) is 8.95. The highest BCUT2D eigenvalue weighted by Gasteiger charge is 2.51. The zero-order chi connectivity index (χ0) is 25.0. The fourth-order valence-corrected chi connectivity index (χ4v) is 6.17. The molecule has 0 aromatic heterocycles. The first-order valence-electron chi connectivity index (χ1n) is 13.8. The Hall–Kier alpha value is -2.14. The normalized spacial score (nSPS) is 23.4. The van der Waals surface area contributed by atoms with Gasteiger partial charge in [-0.1, -0.05) is 63.0 Å². The minimum Gasteiger partial charge on any atom is -0.340 e. The molecule has 192 valence electrons. The lowest BCUT2D eigenvalue weighted by Crippen LogP contribution is -2.52. The molecule has 5 heteroatoms. The van der Waals surface area contributed by atoms with Crippen LogP contribution in [0.15, 0.2) is 35.9 Å². The number of nitrogens with zero attached hydrogens (tertiary/aromatic N) is 3. The highest BCUT2D eigenvalue weighted by Crippen LogP contribution is 2.59. The van der Waals surface area contributed by atoms with Crippen molar-refractivity contribution in [1.29, 1.82) is 0 Å². The van der Waals surface area contributed by atoms with Gasteiger partial charge >= 0.3 is 0 Å². The third-order valence-electron chi connectivity index (χ3n) is 8.95. The van der Waals surface area contributed by atoms with E-state index in [1.54, 1.807) is 0 Å². The number of amides is 2. The van der Waals surface area contributed by atoms with Crippen LogP contribution >= 0.6 is 0 Å².